The Kier molecular flexibility index (Phi) is 10.7. The van der Waals surface area contributed by atoms with Gasteiger partial charge in [0.2, 0.25) is 0 Å². The van der Waals surface area contributed by atoms with Gasteiger partial charge in [0.1, 0.15) is 18.0 Å². The van der Waals surface area contributed by atoms with Crippen molar-refractivity contribution in [3.05, 3.63) is 29.8 Å². The van der Waals surface area contributed by atoms with E-state index in [9.17, 15) is 4.79 Å². The first-order chi connectivity index (χ1) is 12.7. The van der Waals surface area contributed by atoms with Crippen LogP contribution in [0.1, 0.15) is 53.1 Å². The second-order valence-corrected chi connectivity index (χ2v) is 14.4. The average Bonchev–Trinajstić information content (AvgIpc) is 2.55. The van der Waals surface area contributed by atoms with Gasteiger partial charge in [-0.3, -0.25) is 0 Å². The SMILES string of the molecule is CC(C)(C)OC(=O)[C@@H](COc1ccc(C(N)CN)cc1)O[Si](C)(C)C(C)(C)C.[Pd]. The van der Waals surface area contributed by atoms with E-state index < -0.39 is 26.0 Å². The molecule has 1 aromatic carbocycles. The van der Waals surface area contributed by atoms with E-state index in [-0.39, 0.29) is 38.1 Å². The van der Waals surface area contributed by atoms with Gasteiger partial charge in [0.05, 0.1) is 0 Å². The number of carbonyl (C=O) groups is 1. The predicted octanol–water partition coefficient (Wildman–Crippen LogP) is 3.75. The van der Waals surface area contributed by atoms with Crippen molar-refractivity contribution < 1.29 is 39.1 Å². The molecule has 0 aliphatic rings. The molecule has 0 aromatic heterocycles. The third-order valence-electron chi connectivity index (χ3n) is 4.88. The summed E-state index contributed by atoms with van der Waals surface area (Å²) in [5, 5.41) is -0.0345. The minimum Gasteiger partial charge on any atom is -0.490 e. The maximum absolute atomic E-state index is 12.7. The molecule has 0 radical (unpaired) electrons. The number of rotatable bonds is 8. The van der Waals surface area contributed by atoms with Gasteiger partial charge >= 0.3 is 5.97 Å². The van der Waals surface area contributed by atoms with Crippen molar-refractivity contribution in [3.8, 4) is 5.75 Å². The molecule has 0 saturated heterocycles. The molecule has 170 valence electrons. The molecule has 1 aromatic rings. The summed E-state index contributed by atoms with van der Waals surface area (Å²) in [6.45, 7) is 16.6. The Bertz CT molecular complexity index is 640. The molecule has 0 bridgehead atoms. The van der Waals surface area contributed by atoms with Crippen LogP contribution in [-0.2, 0) is 34.4 Å². The van der Waals surface area contributed by atoms with Crippen LogP contribution in [-0.4, -0.2) is 39.1 Å². The first-order valence-corrected chi connectivity index (χ1v) is 12.7. The van der Waals surface area contributed by atoms with Gasteiger partial charge in [-0.05, 0) is 56.6 Å². The number of esters is 1. The third kappa shape index (κ3) is 9.29. The van der Waals surface area contributed by atoms with Crippen LogP contribution < -0.4 is 16.2 Å². The van der Waals surface area contributed by atoms with Crippen LogP contribution in [0.2, 0.25) is 18.1 Å². The van der Waals surface area contributed by atoms with Gasteiger partial charge in [-0.15, -0.1) is 0 Å². The number of hydrogen-bond donors (Lipinski definition) is 2. The van der Waals surface area contributed by atoms with E-state index in [4.69, 9.17) is 25.4 Å². The zero-order valence-corrected chi connectivity index (χ0v) is 21.5. The molecule has 0 aliphatic carbocycles. The maximum Gasteiger partial charge on any atom is 0.338 e. The summed E-state index contributed by atoms with van der Waals surface area (Å²) in [6.07, 6.45) is -0.786. The summed E-state index contributed by atoms with van der Waals surface area (Å²) >= 11 is 0. The van der Waals surface area contributed by atoms with Crippen molar-refractivity contribution in [2.45, 2.75) is 77.4 Å². The smallest absolute Gasteiger partial charge is 0.338 e. The Balaban J connectivity index is 0.00000784. The average molecular weight is 517 g/mol. The Morgan fingerprint density at radius 3 is 2.00 bits per heavy atom. The van der Waals surface area contributed by atoms with Crippen LogP contribution in [0.4, 0.5) is 0 Å². The Hall–Kier alpha value is -0.751. The van der Waals surface area contributed by atoms with Crippen LogP contribution in [0.3, 0.4) is 0 Å². The van der Waals surface area contributed by atoms with Crippen LogP contribution in [0, 0.1) is 0 Å². The van der Waals surface area contributed by atoms with Gasteiger partial charge in [-0.1, -0.05) is 32.9 Å². The topological polar surface area (TPSA) is 96.8 Å². The number of ether oxygens (including phenoxy) is 2. The van der Waals surface area contributed by atoms with Crippen molar-refractivity contribution in [3.63, 3.8) is 0 Å². The molecule has 0 amide bonds. The molecule has 2 atom stereocenters. The normalized spacial score (nSPS) is 14.6. The Morgan fingerprint density at radius 1 is 1.07 bits per heavy atom. The third-order valence-corrected chi connectivity index (χ3v) is 9.36. The van der Waals surface area contributed by atoms with E-state index in [2.05, 4.69) is 33.9 Å². The van der Waals surface area contributed by atoms with Crippen molar-refractivity contribution in [1.29, 1.82) is 0 Å². The fourth-order valence-corrected chi connectivity index (χ4v) is 3.40. The van der Waals surface area contributed by atoms with Gasteiger partial charge < -0.3 is 25.4 Å². The quantitative estimate of drug-likeness (QED) is 0.403. The van der Waals surface area contributed by atoms with E-state index >= 15 is 0 Å². The summed E-state index contributed by atoms with van der Waals surface area (Å²) < 4.78 is 17.7. The van der Waals surface area contributed by atoms with Gasteiger partial charge in [0, 0.05) is 33.0 Å². The van der Waals surface area contributed by atoms with Gasteiger partial charge in [0.15, 0.2) is 14.4 Å². The fourth-order valence-electron chi connectivity index (χ4n) is 2.17. The molecule has 6 nitrogen and oxygen atoms in total. The van der Waals surface area contributed by atoms with Gasteiger partial charge in [-0.25, -0.2) is 4.79 Å². The fraction of sp³-hybridized carbons (Fsp3) is 0.667. The zero-order valence-electron chi connectivity index (χ0n) is 19.0. The molecule has 1 rings (SSSR count). The molecule has 0 heterocycles. The van der Waals surface area contributed by atoms with Gasteiger partial charge in [0.25, 0.3) is 0 Å². The first-order valence-electron chi connectivity index (χ1n) is 9.75. The van der Waals surface area contributed by atoms with E-state index in [1.54, 1.807) is 0 Å². The molecule has 29 heavy (non-hydrogen) atoms. The molecule has 8 heteroatoms. The minimum absolute atomic E-state index is 0. The summed E-state index contributed by atoms with van der Waals surface area (Å²) in [6, 6.07) is 7.20. The monoisotopic (exact) mass is 516 g/mol. The number of hydrogen-bond acceptors (Lipinski definition) is 6. The number of carbonyl (C=O) groups excluding carboxylic acids is 1. The van der Waals surface area contributed by atoms with Crippen molar-refractivity contribution in [1.82, 2.24) is 0 Å². The van der Waals surface area contributed by atoms with Crippen molar-refractivity contribution in [2.75, 3.05) is 13.2 Å². The minimum atomic E-state index is -2.18. The number of benzene rings is 1. The zero-order chi connectivity index (χ0) is 21.8. The van der Waals surface area contributed by atoms with E-state index in [0.717, 1.165) is 5.56 Å². The van der Waals surface area contributed by atoms with Crippen molar-refractivity contribution in [2.24, 2.45) is 11.5 Å². The summed E-state index contributed by atoms with van der Waals surface area (Å²) in [5.41, 5.74) is 11.9. The van der Waals surface area contributed by atoms with Crippen molar-refractivity contribution >= 4 is 14.3 Å². The molecule has 0 saturated carbocycles. The van der Waals surface area contributed by atoms with Crippen LogP contribution in [0.5, 0.6) is 5.75 Å². The van der Waals surface area contributed by atoms with E-state index in [1.165, 1.54) is 0 Å². The predicted molar refractivity (Wildman–Crippen MR) is 116 cm³/mol. The van der Waals surface area contributed by atoms with Crippen LogP contribution in [0.25, 0.3) is 0 Å². The maximum atomic E-state index is 12.7. The van der Waals surface area contributed by atoms with Crippen LogP contribution in [0.15, 0.2) is 24.3 Å². The first kappa shape index (κ1) is 28.2. The van der Waals surface area contributed by atoms with Crippen LogP contribution >= 0.6 is 0 Å². The largest absolute Gasteiger partial charge is 0.490 e. The molecule has 0 spiro atoms. The molecular formula is C21H38N2O4PdSi. The summed E-state index contributed by atoms with van der Waals surface area (Å²) in [4.78, 5) is 12.7. The molecular weight excluding hydrogens is 479 g/mol. The second kappa shape index (κ2) is 11.0. The van der Waals surface area contributed by atoms with E-state index in [0.29, 0.717) is 12.3 Å². The Labute approximate surface area is 190 Å². The summed E-state index contributed by atoms with van der Waals surface area (Å²) in [5.74, 6) is 0.236. The number of nitrogens with two attached hydrogens (primary N) is 2. The molecule has 1 unspecified atom stereocenters. The Morgan fingerprint density at radius 2 is 1.59 bits per heavy atom. The molecule has 4 N–H and O–H groups in total. The second-order valence-electron chi connectivity index (χ2n) is 9.62. The summed E-state index contributed by atoms with van der Waals surface area (Å²) in [7, 11) is -2.18. The van der Waals surface area contributed by atoms with E-state index in [1.807, 2.05) is 45.0 Å². The van der Waals surface area contributed by atoms with Gasteiger partial charge in [-0.2, -0.15) is 0 Å². The molecule has 0 fully saturated rings. The molecule has 0 aliphatic heterocycles. The standard InChI is InChI=1S/C21H38N2O4Si.Pd/c1-20(2,3)26-19(24)18(27-28(7,8)21(4,5)6)14-25-16-11-9-15(10-12-16)17(23)13-22;/h9-12,17-18H,13-14,22-23H2,1-8H3;/t17?,18-;/m1./s1.